The van der Waals surface area contributed by atoms with Crippen molar-refractivity contribution in [3.8, 4) is 17.0 Å². The van der Waals surface area contributed by atoms with E-state index in [9.17, 15) is 9.59 Å². The summed E-state index contributed by atoms with van der Waals surface area (Å²) < 4.78 is 31.6. The molecule has 1 heterocycles. The van der Waals surface area contributed by atoms with Crippen LogP contribution < -0.4 is 10.1 Å². The molecule has 11 heteroatoms. The smallest absolute Gasteiger partial charge is 0.407 e. The van der Waals surface area contributed by atoms with Crippen LogP contribution >= 0.6 is 0 Å². The summed E-state index contributed by atoms with van der Waals surface area (Å²) in [6.45, 7) is 23.6. The lowest BCUT2D eigenvalue weighted by molar-refractivity contribution is -0.165. The SMILES string of the molecule is CC(C)(C)OC(=O)NCCCn1nc(-c2ccc(OCC(O[Si](C)(C)C(C)(C)C)C(=O)OC(C)(C)C)cc2)cc1COCc1ccccc1. The average molecular weight is 696 g/mol. The van der Waals surface area contributed by atoms with Gasteiger partial charge in [-0.2, -0.15) is 5.10 Å². The third kappa shape index (κ3) is 13.6. The van der Waals surface area contributed by atoms with Crippen molar-refractivity contribution < 1.29 is 33.0 Å². The molecule has 0 saturated heterocycles. The lowest BCUT2D eigenvalue weighted by Gasteiger charge is -2.39. The minimum Gasteiger partial charge on any atom is -0.490 e. The number of amides is 1. The molecule has 0 fully saturated rings. The van der Waals surface area contributed by atoms with Crippen LogP contribution in [-0.2, 0) is 43.2 Å². The molecule has 1 atom stereocenters. The summed E-state index contributed by atoms with van der Waals surface area (Å²) in [5, 5.41) is 7.61. The quantitative estimate of drug-likeness (QED) is 0.0961. The van der Waals surface area contributed by atoms with Crippen molar-refractivity contribution in [2.24, 2.45) is 0 Å². The van der Waals surface area contributed by atoms with Crippen molar-refractivity contribution in [2.75, 3.05) is 13.2 Å². The standard InChI is InChI=1S/C38H57N3O7Si/c1-36(2,3)46-34(42)33(48-49(10,11)38(7,8)9)27-45-31-20-18-29(19-21-31)32-24-30(26-44-25-28-16-13-12-14-17-28)41(40-32)23-15-22-39-35(43)47-37(4,5)6/h12-14,16-21,24,33H,15,22-23,25-27H2,1-11H3,(H,39,43). The van der Waals surface area contributed by atoms with E-state index in [0.29, 0.717) is 38.5 Å². The van der Waals surface area contributed by atoms with E-state index in [2.05, 4.69) is 39.2 Å². The largest absolute Gasteiger partial charge is 0.490 e. The van der Waals surface area contributed by atoms with E-state index in [0.717, 1.165) is 22.5 Å². The van der Waals surface area contributed by atoms with E-state index >= 15 is 0 Å². The molecule has 0 aliphatic carbocycles. The Morgan fingerprint density at radius 3 is 2.08 bits per heavy atom. The molecule has 0 spiro atoms. The summed E-state index contributed by atoms with van der Waals surface area (Å²) in [7, 11) is -2.29. The minimum absolute atomic E-state index is 0.0373. The second-order valence-corrected chi connectivity index (χ2v) is 20.5. The third-order valence-electron chi connectivity index (χ3n) is 7.90. The number of aromatic nitrogens is 2. The Labute approximate surface area is 293 Å². The van der Waals surface area contributed by atoms with Crippen LogP contribution in [0, 0.1) is 0 Å². The first-order chi connectivity index (χ1) is 22.7. The van der Waals surface area contributed by atoms with Crippen molar-refractivity contribution in [2.45, 2.75) is 124 Å². The Bertz CT molecular complexity index is 1480. The highest BCUT2D eigenvalue weighted by Crippen LogP contribution is 2.37. The lowest BCUT2D eigenvalue weighted by Crippen LogP contribution is -2.49. The van der Waals surface area contributed by atoms with Gasteiger partial charge >= 0.3 is 12.1 Å². The molecular formula is C38H57N3O7Si. The second-order valence-electron chi connectivity index (χ2n) is 15.7. The van der Waals surface area contributed by atoms with Gasteiger partial charge in [-0.05, 0) is 102 Å². The Morgan fingerprint density at radius 2 is 1.49 bits per heavy atom. The number of benzene rings is 2. The number of hydrogen-bond donors (Lipinski definition) is 1. The first-order valence-corrected chi connectivity index (χ1v) is 19.9. The number of carbonyl (C=O) groups excluding carboxylic acids is 2. The van der Waals surface area contributed by atoms with Crippen molar-refractivity contribution in [3.63, 3.8) is 0 Å². The predicted octanol–water partition coefficient (Wildman–Crippen LogP) is 8.29. The Kier molecular flexibility index (Phi) is 13.7. The van der Waals surface area contributed by atoms with Crippen molar-refractivity contribution >= 4 is 20.4 Å². The topological polar surface area (TPSA) is 110 Å². The fraction of sp³-hybridized carbons (Fsp3) is 0.553. The van der Waals surface area contributed by atoms with Crippen molar-refractivity contribution in [1.29, 1.82) is 0 Å². The molecule has 3 aromatic rings. The molecule has 0 bridgehead atoms. The molecule has 0 aliphatic heterocycles. The number of hydrogen-bond acceptors (Lipinski definition) is 8. The fourth-order valence-electron chi connectivity index (χ4n) is 4.43. The fourth-order valence-corrected chi connectivity index (χ4v) is 5.66. The summed E-state index contributed by atoms with van der Waals surface area (Å²) in [6.07, 6.45) is -0.626. The highest BCUT2D eigenvalue weighted by Gasteiger charge is 2.42. The number of aryl methyl sites for hydroxylation is 1. The number of esters is 1. The van der Waals surface area contributed by atoms with Crippen molar-refractivity contribution in [3.05, 3.63) is 71.9 Å². The minimum atomic E-state index is -2.29. The highest BCUT2D eigenvalue weighted by atomic mass is 28.4. The molecule has 2 aromatic carbocycles. The molecule has 1 amide bonds. The van der Waals surface area contributed by atoms with E-state index in [1.807, 2.05) is 107 Å². The van der Waals surface area contributed by atoms with Crippen LogP contribution in [0.4, 0.5) is 4.79 Å². The van der Waals surface area contributed by atoms with Gasteiger partial charge in [0.25, 0.3) is 0 Å². The van der Waals surface area contributed by atoms with Crippen LogP contribution in [-0.4, -0.2) is 60.6 Å². The van der Waals surface area contributed by atoms with Gasteiger partial charge in [0.2, 0.25) is 0 Å². The molecular weight excluding hydrogens is 639 g/mol. The van der Waals surface area contributed by atoms with Gasteiger partial charge in [-0.3, -0.25) is 4.68 Å². The Balaban J connectivity index is 1.71. The van der Waals surface area contributed by atoms with Gasteiger partial charge in [0.1, 0.15) is 23.6 Å². The van der Waals surface area contributed by atoms with E-state index in [4.69, 9.17) is 28.5 Å². The molecule has 1 aromatic heterocycles. The van der Waals surface area contributed by atoms with Crippen LogP contribution in [0.1, 0.15) is 80.0 Å². The first kappa shape index (κ1) is 39.8. The normalized spacial score (nSPS) is 13.1. The molecule has 49 heavy (non-hydrogen) atoms. The average Bonchev–Trinajstić information content (AvgIpc) is 3.38. The highest BCUT2D eigenvalue weighted by molar-refractivity contribution is 6.74. The molecule has 0 aliphatic rings. The van der Waals surface area contributed by atoms with E-state index < -0.39 is 37.7 Å². The Morgan fingerprint density at radius 1 is 0.857 bits per heavy atom. The van der Waals surface area contributed by atoms with Gasteiger partial charge in [-0.1, -0.05) is 51.1 Å². The number of rotatable bonds is 15. The Hall–Kier alpha value is -3.67. The van der Waals surface area contributed by atoms with Crippen LogP contribution in [0.3, 0.4) is 0 Å². The monoisotopic (exact) mass is 695 g/mol. The summed E-state index contributed by atoms with van der Waals surface area (Å²) in [5.74, 6) is 0.179. The van der Waals surface area contributed by atoms with Crippen LogP contribution in [0.25, 0.3) is 11.3 Å². The maximum atomic E-state index is 13.1. The van der Waals surface area contributed by atoms with Gasteiger partial charge in [0, 0.05) is 18.7 Å². The number of nitrogens with zero attached hydrogens (tertiary/aromatic N) is 2. The van der Waals surface area contributed by atoms with E-state index in [1.54, 1.807) is 0 Å². The summed E-state index contributed by atoms with van der Waals surface area (Å²) >= 11 is 0. The zero-order chi connectivity index (χ0) is 36.5. The van der Waals surface area contributed by atoms with Crippen LogP contribution in [0.5, 0.6) is 5.75 Å². The van der Waals surface area contributed by atoms with Gasteiger partial charge in [-0.25, -0.2) is 9.59 Å². The number of ether oxygens (including phenoxy) is 4. The zero-order valence-electron chi connectivity index (χ0n) is 31.3. The maximum Gasteiger partial charge on any atom is 0.407 e. The summed E-state index contributed by atoms with van der Waals surface area (Å²) in [4.78, 5) is 25.2. The van der Waals surface area contributed by atoms with Crippen LogP contribution in [0.15, 0.2) is 60.7 Å². The van der Waals surface area contributed by atoms with E-state index in [-0.39, 0.29) is 11.6 Å². The molecule has 1 unspecified atom stereocenters. The first-order valence-electron chi connectivity index (χ1n) is 17.0. The summed E-state index contributed by atoms with van der Waals surface area (Å²) in [6, 6.07) is 19.7. The van der Waals surface area contributed by atoms with Gasteiger partial charge in [0.15, 0.2) is 14.4 Å². The van der Waals surface area contributed by atoms with Gasteiger partial charge < -0.3 is 28.7 Å². The molecule has 10 nitrogen and oxygen atoms in total. The van der Waals surface area contributed by atoms with Gasteiger partial charge in [0.05, 0.1) is 24.6 Å². The molecule has 0 saturated carbocycles. The number of nitrogens with one attached hydrogen (secondary N) is 1. The second kappa shape index (κ2) is 16.8. The maximum absolute atomic E-state index is 13.1. The molecule has 270 valence electrons. The lowest BCUT2D eigenvalue weighted by atomic mass is 10.1. The molecule has 1 N–H and O–H groups in total. The number of alkyl carbamates (subject to hydrolysis) is 1. The summed E-state index contributed by atoms with van der Waals surface area (Å²) in [5.41, 5.74) is 2.52. The van der Waals surface area contributed by atoms with Gasteiger partial charge in [-0.15, -0.1) is 0 Å². The number of carbonyl (C=O) groups is 2. The zero-order valence-corrected chi connectivity index (χ0v) is 32.3. The molecule has 0 radical (unpaired) electrons. The van der Waals surface area contributed by atoms with E-state index in [1.165, 1.54) is 0 Å². The van der Waals surface area contributed by atoms with Crippen molar-refractivity contribution in [1.82, 2.24) is 15.1 Å². The molecule has 3 rings (SSSR count). The van der Waals surface area contributed by atoms with Crippen LogP contribution in [0.2, 0.25) is 18.1 Å². The predicted molar refractivity (Wildman–Crippen MR) is 195 cm³/mol. The third-order valence-corrected chi connectivity index (χ3v) is 12.4.